The fourth-order valence-electron chi connectivity index (χ4n) is 3.05. The second kappa shape index (κ2) is 14.0. The van der Waals surface area contributed by atoms with Gasteiger partial charge in [-0.3, -0.25) is 4.79 Å². The Morgan fingerprint density at radius 1 is 0.926 bits per heavy atom. The number of amides is 1. The van der Waals surface area contributed by atoms with Crippen molar-refractivity contribution in [3.8, 4) is 0 Å². The molecule has 0 spiro atoms. The van der Waals surface area contributed by atoms with Gasteiger partial charge in [-0.15, -0.1) is 0 Å². The number of ether oxygens (including phenoxy) is 1. The number of ketones is 1. The Labute approximate surface area is 167 Å². The number of hydrogen-bond acceptors (Lipinski definition) is 4. The lowest BCUT2D eigenvalue weighted by atomic mass is 9.93. The SMILES string of the molecule is CCCCCCCCCCCC(N)C(=O)[C@@H](NC(=O)OC(C)(C)C)C(C)C. The van der Waals surface area contributed by atoms with Crippen molar-refractivity contribution >= 4 is 11.9 Å². The molecule has 1 amide bonds. The molecule has 0 rings (SSSR count). The summed E-state index contributed by atoms with van der Waals surface area (Å²) in [4.78, 5) is 24.7. The molecule has 3 N–H and O–H groups in total. The standard InChI is InChI=1S/C22H44N2O3/c1-7-8-9-10-11-12-13-14-15-16-18(23)20(25)19(17(2)3)24-21(26)27-22(4,5)6/h17-19H,7-16,23H2,1-6H3,(H,24,26)/t18?,19-/m0/s1. The van der Waals surface area contributed by atoms with Gasteiger partial charge in [0.25, 0.3) is 0 Å². The quantitative estimate of drug-likeness (QED) is 0.395. The first-order valence-electron chi connectivity index (χ1n) is 10.9. The van der Waals surface area contributed by atoms with Crippen LogP contribution in [0, 0.1) is 5.92 Å². The molecule has 0 aliphatic heterocycles. The van der Waals surface area contributed by atoms with Gasteiger partial charge in [-0.05, 0) is 33.1 Å². The minimum atomic E-state index is -0.603. The number of Topliss-reactive ketones (excluding diaryl/α,β-unsaturated/α-hetero) is 1. The van der Waals surface area contributed by atoms with Crippen LogP contribution in [-0.2, 0) is 9.53 Å². The van der Waals surface area contributed by atoms with Gasteiger partial charge in [0.1, 0.15) is 5.60 Å². The van der Waals surface area contributed by atoms with Crippen LogP contribution in [0.25, 0.3) is 0 Å². The van der Waals surface area contributed by atoms with Crippen LogP contribution in [0.3, 0.4) is 0 Å². The summed E-state index contributed by atoms with van der Waals surface area (Å²) in [7, 11) is 0. The molecule has 5 heteroatoms. The third-order valence-corrected chi connectivity index (χ3v) is 4.63. The Morgan fingerprint density at radius 3 is 1.85 bits per heavy atom. The first-order valence-corrected chi connectivity index (χ1v) is 10.9. The zero-order valence-corrected chi connectivity index (χ0v) is 18.6. The number of alkyl carbamates (subject to hydrolysis) is 1. The predicted octanol–water partition coefficient (Wildman–Crippen LogP) is 5.35. The number of hydrogen-bond donors (Lipinski definition) is 2. The van der Waals surface area contributed by atoms with Gasteiger partial charge in [-0.2, -0.15) is 0 Å². The highest BCUT2D eigenvalue weighted by atomic mass is 16.6. The molecule has 0 aromatic rings. The summed E-state index contributed by atoms with van der Waals surface area (Å²) in [6, 6.07) is -1.13. The van der Waals surface area contributed by atoms with Crippen molar-refractivity contribution < 1.29 is 14.3 Å². The molecule has 0 saturated carbocycles. The summed E-state index contributed by atoms with van der Waals surface area (Å²) < 4.78 is 5.27. The van der Waals surface area contributed by atoms with E-state index >= 15 is 0 Å². The van der Waals surface area contributed by atoms with Gasteiger partial charge < -0.3 is 15.8 Å². The van der Waals surface area contributed by atoms with Crippen molar-refractivity contribution in [3.05, 3.63) is 0 Å². The van der Waals surface area contributed by atoms with E-state index in [1.807, 2.05) is 13.8 Å². The second-order valence-corrected chi connectivity index (χ2v) is 8.99. The summed E-state index contributed by atoms with van der Waals surface area (Å²) in [6.07, 6.45) is 11.3. The van der Waals surface area contributed by atoms with Crippen LogP contribution in [0.15, 0.2) is 0 Å². The van der Waals surface area contributed by atoms with Gasteiger partial charge in [-0.1, -0.05) is 78.6 Å². The monoisotopic (exact) mass is 384 g/mol. The summed E-state index contributed by atoms with van der Waals surface area (Å²) in [5, 5.41) is 2.70. The molecular weight excluding hydrogens is 340 g/mol. The predicted molar refractivity (Wildman–Crippen MR) is 113 cm³/mol. The van der Waals surface area contributed by atoms with Crippen LogP contribution >= 0.6 is 0 Å². The smallest absolute Gasteiger partial charge is 0.408 e. The van der Waals surface area contributed by atoms with Gasteiger partial charge >= 0.3 is 6.09 Å². The second-order valence-electron chi connectivity index (χ2n) is 8.99. The molecule has 0 aliphatic rings. The molecule has 0 aliphatic carbocycles. The molecule has 160 valence electrons. The summed E-state index contributed by atoms with van der Waals surface area (Å²) in [5.41, 5.74) is 5.52. The Hall–Kier alpha value is -1.10. The maximum absolute atomic E-state index is 12.7. The minimum Gasteiger partial charge on any atom is -0.444 e. The van der Waals surface area contributed by atoms with Gasteiger partial charge in [-0.25, -0.2) is 4.79 Å². The molecule has 5 nitrogen and oxygen atoms in total. The molecule has 0 heterocycles. The van der Waals surface area contributed by atoms with Crippen LogP contribution in [0.4, 0.5) is 4.79 Å². The van der Waals surface area contributed by atoms with Crippen LogP contribution in [0.5, 0.6) is 0 Å². The molecule has 0 bridgehead atoms. The molecule has 0 saturated heterocycles. The fraction of sp³-hybridized carbons (Fsp3) is 0.909. The van der Waals surface area contributed by atoms with E-state index in [-0.39, 0.29) is 11.7 Å². The number of nitrogens with two attached hydrogens (primary N) is 1. The van der Waals surface area contributed by atoms with E-state index < -0.39 is 23.8 Å². The third-order valence-electron chi connectivity index (χ3n) is 4.63. The van der Waals surface area contributed by atoms with Crippen molar-refractivity contribution in [3.63, 3.8) is 0 Å². The lowest BCUT2D eigenvalue weighted by molar-refractivity contribution is -0.123. The van der Waals surface area contributed by atoms with Crippen molar-refractivity contribution in [1.29, 1.82) is 0 Å². The van der Waals surface area contributed by atoms with E-state index in [4.69, 9.17) is 10.5 Å². The molecule has 2 atom stereocenters. The molecule has 0 aromatic carbocycles. The maximum atomic E-state index is 12.7. The Morgan fingerprint density at radius 2 is 1.41 bits per heavy atom. The van der Waals surface area contributed by atoms with Crippen molar-refractivity contribution in [2.24, 2.45) is 11.7 Å². The van der Waals surface area contributed by atoms with E-state index in [9.17, 15) is 9.59 Å². The summed E-state index contributed by atoms with van der Waals surface area (Å²) in [5.74, 6) is -0.130. The van der Waals surface area contributed by atoms with Gasteiger partial charge in [0.15, 0.2) is 5.78 Å². The third kappa shape index (κ3) is 13.7. The van der Waals surface area contributed by atoms with E-state index in [0.29, 0.717) is 6.42 Å². The van der Waals surface area contributed by atoms with Crippen molar-refractivity contribution in [1.82, 2.24) is 5.32 Å². The van der Waals surface area contributed by atoms with Crippen LogP contribution < -0.4 is 11.1 Å². The molecule has 0 aromatic heterocycles. The Bertz CT molecular complexity index is 416. The highest BCUT2D eigenvalue weighted by Gasteiger charge is 2.29. The zero-order chi connectivity index (χ0) is 20.9. The number of nitrogens with one attached hydrogen (secondary N) is 1. The topological polar surface area (TPSA) is 81.4 Å². The van der Waals surface area contributed by atoms with Gasteiger partial charge in [0, 0.05) is 0 Å². The largest absolute Gasteiger partial charge is 0.444 e. The zero-order valence-electron chi connectivity index (χ0n) is 18.6. The molecule has 1 unspecified atom stereocenters. The van der Waals surface area contributed by atoms with E-state index in [2.05, 4.69) is 12.2 Å². The average Bonchev–Trinajstić information content (AvgIpc) is 2.55. The van der Waals surface area contributed by atoms with Crippen LogP contribution in [0.1, 0.15) is 106 Å². The highest BCUT2D eigenvalue weighted by molar-refractivity contribution is 5.91. The molecule has 0 radical (unpaired) electrons. The highest BCUT2D eigenvalue weighted by Crippen LogP contribution is 2.14. The minimum absolute atomic E-state index is 0.0285. The number of carbonyl (C=O) groups excluding carboxylic acids is 2. The maximum Gasteiger partial charge on any atom is 0.408 e. The lowest BCUT2D eigenvalue weighted by Crippen LogP contribution is -2.51. The number of rotatable bonds is 14. The summed E-state index contributed by atoms with van der Waals surface area (Å²) in [6.45, 7) is 11.4. The number of unbranched alkanes of at least 4 members (excludes halogenated alkanes) is 8. The van der Waals surface area contributed by atoms with Crippen LogP contribution in [-0.4, -0.2) is 29.6 Å². The molecular formula is C22H44N2O3. The van der Waals surface area contributed by atoms with Gasteiger partial charge in [0.2, 0.25) is 0 Å². The normalized spacial score (nSPS) is 14.1. The van der Waals surface area contributed by atoms with Gasteiger partial charge in [0.05, 0.1) is 12.1 Å². The van der Waals surface area contributed by atoms with Crippen molar-refractivity contribution in [2.45, 2.75) is 123 Å². The van der Waals surface area contributed by atoms with Crippen LogP contribution in [0.2, 0.25) is 0 Å². The number of carbonyl (C=O) groups is 2. The summed E-state index contributed by atoms with van der Waals surface area (Å²) >= 11 is 0. The molecule has 0 fully saturated rings. The Balaban J connectivity index is 4.16. The first kappa shape index (κ1) is 25.9. The van der Waals surface area contributed by atoms with E-state index in [0.717, 1.165) is 12.8 Å². The fourth-order valence-corrected chi connectivity index (χ4v) is 3.05. The average molecular weight is 385 g/mol. The van der Waals surface area contributed by atoms with E-state index in [1.165, 1.54) is 44.9 Å². The van der Waals surface area contributed by atoms with E-state index in [1.54, 1.807) is 20.8 Å². The Kier molecular flexibility index (Phi) is 13.4. The first-order chi connectivity index (χ1) is 12.6. The molecule has 27 heavy (non-hydrogen) atoms. The lowest BCUT2D eigenvalue weighted by Gasteiger charge is -2.26. The van der Waals surface area contributed by atoms with Crippen molar-refractivity contribution in [2.75, 3.05) is 0 Å².